The van der Waals surface area contributed by atoms with E-state index < -0.39 is 0 Å². The monoisotopic (exact) mass is 522 g/mol. The van der Waals surface area contributed by atoms with E-state index in [1.807, 2.05) is 52.0 Å². The smallest absolute Gasteiger partial charge is 0.176 e. The molecule has 9 heteroatoms. The SMILES string of the molecule is CCN(CC)c1ccc(C=N/C(C#N)=C(/C#N)N=Cc2ccc(N(CC)CC)cc2O)c(O)c1.[Zn]. The summed E-state index contributed by atoms with van der Waals surface area (Å²) in [6.07, 6.45) is 2.65. The van der Waals surface area contributed by atoms with Gasteiger partial charge in [0.25, 0.3) is 0 Å². The van der Waals surface area contributed by atoms with Crippen LogP contribution in [0.15, 0.2) is 57.8 Å². The van der Waals surface area contributed by atoms with Gasteiger partial charge in [0.2, 0.25) is 0 Å². The number of nitriles is 2. The molecule has 0 saturated carbocycles. The van der Waals surface area contributed by atoms with Crippen molar-refractivity contribution in [1.29, 1.82) is 10.5 Å². The third-order valence-electron chi connectivity index (χ3n) is 5.39. The van der Waals surface area contributed by atoms with Crippen LogP contribution in [0.5, 0.6) is 11.5 Å². The minimum absolute atomic E-state index is 0. The molecular weight excluding hydrogens is 494 g/mol. The zero-order valence-corrected chi connectivity index (χ0v) is 23.7. The molecule has 0 unspecified atom stereocenters. The van der Waals surface area contributed by atoms with Gasteiger partial charge in [0.1, 0.15) is 23.6 Å². The maximum absolute atomic E-state index is 10.3. The number of hydrogen-bond acceptors (Lipinski definition) is 8. The molecule has 0 saturated heterocycles. The number of aliphatic imine (C=N–C) groups is 2. The molecule has 2 N–H and O–H groups in total. The Balaban J connectivity index is 0.00000612. The minimum Gasteiger partial charge on any atom is -0.507 e. The molecule has 0 aliphatic rings. The molecule has 0 amide bonds. The van der Waals surface area contributed by atoms with Crippen LogP contribution in [0.3, 0.4) is 0 Å². The van der Waals surface area contributed by atoms with Gasteiger partial charge < -0.3 is 20.0 Å². The minimum atomic E-state index is -0.203. The topological polar surface area (TPSA) is 119 Å². The number of rotatable bonds is 10. The van der Waals surface area contributed by atoms with Crippen molar-refractivity contribution in [3.8, 4) is 23.6 Å². The van der Waals surface area contributed by atoms with Crippen LogP contribution in [0.25, 0.3) is 0 Å². The van der Waals surface area contributed by atoms with E-state index in [-0.39, 0.29) is 42.4 Å². The van der Waals surface area contributed by atoms with Crippen molar-refractivity contribution in [3.63, 3.8) is 0 Å². The predicted molar refractivity (Wildman–Crippen MR) is 137 cm³/mol. The standard InChI is InChI=1S/C26H30N6O2.Zn/c1-5-31(6-2)21-11-9-19(25(33)13-21)17-29-23(15-27)24(16-28)30-18-20-10-12-22(14-26(20)34)32(7-3)8-4;/h9-14,17-18,33-34H,5-8H2,1-4H3;/b24-23-,29-17?,30-18?;. The first-order valence-corrected chi connectivity index (χ1v) is 11.2. The van der Waals surface area contributed by atoms with E-state index in [1.54, 1.807) is 24.3 Å². The van der Waals surface area contributed by atoms with Gasteiger partial charge in [-0.2, -0.15) is 10.5 Å². The first kappa shape index (κ1) is 29.4. The Morgan fingerprint density at radius 1 is 0.743 bits per heavy atom. The van der Waals surface area contributed by atoms with E-state index in [2.05, 4.69) is 19.8 Å². The van der Waals surface area contributed by atoms with Crippen molar-refractivity contribution in [1.82, 2.24) is 0 Å². The largest absolute Gasteiger partial charge is 0.507 e. The average molecular weight is 524 g/mol. The van der Waals surface area contributed by atoms with Crippen molar-refractivity contribution in [2.24, 2.45) is 9.98 Å². The second-order valence-corrected chi connectivity index (χ2v) is 7.27. The molecular formula is C26H30N6O2Zn. The number of phenolic OH excluding ortho intramolecular Hbond substituents is 2. The predicted octanol–water partition coefficient (Wildman–Crippen LogP) is 4.58. The molecule has 0 atom stereocenters. The van der Waals surface area contributed by atoms with E-state index in [1.165, 1.54) is 12.4 Å². The van der Waals surface area contributed by atoms with Gasteiger partial charge in [-0.25, -0.2) is 9.98 Å². The average Bonchev–Trinajstić information content (AvgIpc) is 2.84. The fraction of sp³-hybridized carbons (Fsp3) is 0.308. The molecule has 8 nitrogen and oxygen atoms in total. The fourth-order valence-electron chi connectivity index (χ4n) is 3.41. The third-order valence-corrected chi connectivity index (χ3v) is 5.39. The van der Waals surface area contributed by atoms with Crippen LogP contribution >= 0.6 is 0 Å². The molecule has 2 aromatic carbocycles. The summed E-state index contributed by atoms with van der Waals surface area (Å²) in [4.78, 5) is 12.3. The molecule has 0 aromatic heterocycles. The van der Waals surface area contributed by atoms with E-state index in [0.29, 0.717) is 11.1 Å². The van der Waals surface area contributed by atoms with Crippen molar-refractivity contribution in [2.45, 2.75) is 27.7 Å². The van der Waals surface area contributed by atoms with E-state index in [4.69, 9.17) is 0 Å². The molecule has 0 heterocycles. The summed E-state index contributed by atoms with van der Waals surface area (Å²) in [6, 6.07) is 14.1. The third kappa shape index (κ3) is 7.67. The van der Waals surface area contributed by atoms with Gasteiger partial charge in [-0.15, -0.1) is 0 Å². The zero-order chi connectivity index (χ0) is 25.1. The fourth-order valence-corrected chi connectivity index (χ4v) is 3.41. The van der Waals surface area contributed by atoms with E-state index in [9.17, 15) is 20.7 Å². The molecule has 0 bridgehead atoms. The summed E-state index contributed by atoms with van der Waals surface area (Å²) in [6.45, 7) is 11.4. The Kier molecular flexibility index (Phi) is 12.2. The summed E-state index contributed by atoms with van der Waals surface area (Å²) in [7, 11) is 0. The molecule has 0 fully saturated rings. The normalized spacial score (nSPS) is 11.5. The molecule has 2 rings (SSSR count). The van der Waals surface area contributed by atoms with Crippen molar-refractivity contribution >= 4 is 23.8 Å². The van der Waals surface area contributed by atoms with Gasteiger partial charge in [0.05, 0.1) is 0 Å². The first-order chi connectivity index (χ1) is 16.4. The molecule has 2 aromatic rings. The molecule has 178 valence electrons. The van der Waals surface area contributed by atoms with E-state index >= 15 is 0 Å². The maximum Gasteiger partial charge on any atom is 0.176 e. The molecule has 35 heavy (non-hydrogen) atoms. The molecule has 0 spiro atoms. The van der Waals surface area contributed by atoms with Gasteiger partial charge in [-0.1, -0.05) is 0 Å². The number of anilines is 2. The van der Waals surface area contributed by atoms with Gasteiger partial charge in [0.15, 0.2) is 11.4 Å². The number of allylic oxidation sites excluding steroid dienone is 2. The summed E-state index contributed by atoms with van der Waals surface area (Å²) in [5.41, 5.74) is 2.18. The zero-order valence-electron chi connectivity index (χ0n) is 20.7. The van der Waals surface area contributed by atoms with Crippen molar-refractivity contribution in [3.05, 3.63) is 58.9 Å². The number of hydrogen-bond donors (Lipinski definition) is 2. The van der Waals surface area contributed by atoms with Crippen LogP contribution in [0.2, 0.25) is 0 Å². The Bertz CT molecular complexity index is 1080. The summed E-state index contributed by atoms with van der Waals surface area (Å²) in [5, 5.41) is 39.7. The molecule has 0 radical (unpaired) electrons. The number of aromatic hydroxyl groups is 2. The Morgan fingerprint density at radius 3 is 1.34 bits per heavy atom. The van der Waals surface area contributed by atoms with Gasteiger partial charge in [-0.3, -0.25) is 0 Å². The van der Waals surface area contributed by atoms with Crippen LogP contribution in [0.1, 0.15) is 38.8 Å². The first-order valence-electron chi connectivity index (χ1n) is 11.2. The van der Waals surface area contributed by atoms with Crippen LogP contribution < -0.4 is 9.80 Å². The molecule has 0 aliphatic carbocycles. The molecule has 0 aliphatic heterocycles. The van der Waals surface area contributed by atoms with Crippen LogP contribution in [-0.2, 0) is 19.5 Å². The van der Waals surface area contributed by atoms with Crippen LogP contribution in [0.4, 0.5) is 11.4 Å². The van der Waals surface area contributed by atoms with Gasteiger partial charge in [-0.05, 0) is 52.0 Å². The van der Waals surface area contributed by atoms with E-state index in [0.717, 1.165) is 37.6 Å². The quantitative estimate of drug-likeness (QED) is 0.267. The summed E-state index contributed by atoms with van der Waals surface area (Å²) in [5.74, 6) is 0.0383. The number of nitrogens with zero attached hydrogens (tertiary/aromatic N) is 6. The summed E-state index contributed by atoms with van der Waals surface area (Å²) < 4.78 is 0. The maximum atomic E-state index is 10.3. The van der Waals surface area contributed by atoms with Crippen molar-refractivity contribution in [2.75, 3.05) is 36.0 Å². The number of benzene rings is 2. The Morgan fingerprint density at radius 2 is 1.09 bits per heavy atom. The number of phenols is 2. The van der Waals surface area contributed by atoms with Gasteiger partial charge in [0, 0.05) is 92.7 Å². The second kappa shape index (κ2) is 14.6. The van der Waals surface area contributed by atoms with Gasteiger partial charge >= 0.3 is 0 Å². The van der Waals surface area contributed by atoms with Crippen LogP contribution in [0, 0.1) is 22.7 Å². The Labute approximate surface area is 219 Å². The van der Waals surface area contributed by atoms with Crippen molar-refractivity contribution < 1.29 is 29.7 Å². The Hall–Kier alpha value is -3.68. The summed E-state index contributed by atoms with van der Waals surface area (Å²) >= 11 is 0. The second-order valence-electron chi connectivity index (χ2n) is 7.27. The van der Waals surface area contributed by atoms with Crippen LogP contribution in [-0.4, -0.2) is 48.8 Å².